The second kappa shape index (κ2) is 16.7. The molecule has 0 aliphatic carbocycles. The van der Waals surface area contributed by atoms with Crippen molar-refractivity contribution in [2.24, 2.45) is 0 Å². The van der Waals surface area contributed by atoms with Gasteiger partial charge in [-0.05, 0) is 43.2 Å². The van der Waals surface area contributed by atoms with E-state index in [1.165, 1.54) is 64.2 Å². The smallest absolute Gasteiger partial charge is 0.213 e. The fraction of sp³-hybridized carbons (Fsp3) is 0.516. The van der Waals surface area contributed by atoms with Crippen molar-refractivity contribution in [1.82, 2.24) is 15.0 Å². The number of nitrogens with zero attached hydrogens (tertiary/aromatic N) is 3. The van der Waals surface area contributed by atoms with E-state index in [-0.39, 0.29) is 0 Å². The Labute approximate surface area is 217 Å². The molecule has 0 radical (unpaired) electrons. The third-order valence-electron chi connectivity index (χ3n) is 6.35. The third kappa shape index (κ3) is 9.96. The molecule has 0 N–H and O–H groups in total. The fourth-order valence-electron chi connectivity index (χ4n) is 4.10. The molecular weight excluding hydrogens is 446 g/mol. The van der Waals surface area contributed by atoms with Gasteiger partial charge in [-0.25, -0.2) is 4.98 Å². The summed E-state index contributed by atoms with van der Waals surface area (Å²) >= 11 is 0. The second-order valence-electron chi connectivity index (χ2n) is 9.43. The second-order valence-corrected chi connectivity index (χ2v) is 9.43. The Hall–Kier alpha value is -2.95. The molecule has 0 aliphatic heterocycles. The Balaban J connectivity index is 1.41. The van der Waals surface area contributed by atoms with Crippen molar-refractivity contribution >= 4 is 0 Å². The normalized spacial score (nSPS) is 10.9. The minimum atomic E-state index is 0.663. The predicted molar refractivity (Wildman–Crippen MR) is 148 cm³/mol. The summed E-state index contributed by atoms with van der Waals surface area (Å²) in [5.74, 6) is 1.57. The van der Waals surface area contributed by atoms with Gasteiger partial charge in [0.2, 0.25) is 5.88 Å². The Morgan fingerprint density at radius 3 is 1.58 bits per heavy atom. The lowest BCUT2D eigenvalue weighted by Gasteiger charge is -2.08. The van der Waals surface area contributed by atoms with Crippen LogP contribution in [0.15, 0.2) is 55.0 Å². The minimum absolute atomic E-state index is 0.663. The molecule has 3 rings (SSSR count). The molecule has 0 amide bonds. The van der Waals surface area contributed by atoms with Crippen LogP contribution in [0.2, 0.25) is 0 Å². The third-order valence-corrected chi connectivity index (χ3v) is 6.35. The summed E-state index contributed by atoms with van der Waals surface area (Å²) in [4.78, 5) is 13.7. The van der Waals surface area contributed by atoms with Crippen LogP contribution in [0, 0.1) is 0 Å². The quantitative estimate of drug-likeness (QED) is 0.167. The number of benzene rings is 1. The molecule has 0 unspecified atom stereocenters. The van der Waals surface area contributed by atoms with Crippen molar-refractivity contribution in [2.45, 2.75) is 90.9 Å². The Morgan fingerprint density at radius 2 is 1.03 bits per heavy atom. The standard InChI is InChI=1S/C31H43N3O2/c1-3-5-7-9-11-13-21-35-28-18-15-26(16-19-28)29-24-33-30(25-32-29)27-17-20-31(34-23-27)36-22-14-12-10-8-6-4-2/h15-20,23-25H,3-14,21-22H2,1-2H3. The molecule has 5 nitrogen and oxygen atoms in total. The van der Waals surface area contributed by atoms with E-state index in [1.807, 2.05) is 42.6 Å². The van der Waals surface area contributed by atoms with Crippen molar-refractivity contribution < 1.29 is 9.47 Å². The van der Waals surface area contributed by atoms with Gasteiger partial charge in [-0.1, -0.05) is 78.1 Å². The summed E-state index contributed by atoms with van der Waals surface area (Å²) in [5, 5.41) is 0. The van der Waals surface area contributed by atoms with Crippen LogP contribution in [-0.2, 0) is 0 Å². The molecule has 0 aliphatic rings. The zero-order chi connectivity index (χ0) is 25.3. The van der Waals surface area contributed by atoms with Crippen LogP contribution in [0.4, 0.5) is 0 Å². The molecular formula is C31H43N3O2. The van der Waals surface area contributed by atoms with Gasteiger partial charge in [-0.3, -0.25) is 9.97 Å². The van der Waals surface area contributed by atoms with E-state index in [9.17, 15) is 0 Å². The van der Waals surface area contributed by atoms with Crippen molar-refractivity contribution in [2.75, 3.05) is 13.2 Å². The van der Waals surface area contributed by atoms with Crippen molar-refractivity contribution in [3.8, 4) is 34.1 Å². The molecule has 0 saturated carbocycles. The number of pyridine rings is 1. The fourth-order valence-corrected chi connectivity index (χ4v) is 4.10. The van der Waals surface area contributed by atoms with E-state index in [0.717, 1.165) is 54.3 Å². The maximum Gasteiger partial charge on any atom is 0.213 e. The molecule has 0 spiro atoms. The van der Waals surface area contributed by atoms with E-state index in [0.29, 0.717) is 5.88 Å². The van der Waals surface area contributed by atoms with Gasteiger partial charge < -0.3 is 9.47 Å². The van der Waals surface area contributed by atoms with Crippen LogP contribution >= 0.6 is 0 Å². The average Bonchev–Trinajstić information content (AvgIpc) is 2.93. The molecule has 2 heterocycles. The molecule has 0 fully saturated rings. The topological polar surface area (TPSA) is 57.1 Å². The van der Waals surface area contributed by atoms with Gasteiger partial charge in [0, 0.05) is 23.4 Å². The first-order valence-electron chi connectivity index (χ1n) is 13.9. The van der Waals surface area contributed by atoms with Gasteiger partial charge in [-0.2, -0.15) is 0 Å². The monoisotopic (exact) mass is 489 g/mol. The van der Waals surface area contributed by atoms with Crippen molar-refractivity contribution in [3.63, 3.8) is 0 Å². The zero-order valence-electron chi connectivity index (χ0n) is 22.3. The first-order chi connectivity index (χ1) is 17.8. The van der Waals surface area contributed by atoms with Gasteiger partial charge in [0.1, 0.15) is 5.75 Å². The van der Waals surface area contributed by atoms with Crippen LogP contribution in [0.1, 0.15) is 90.9 Å². The molecule has 3 aromatic rings. The predicted octanol–water partition coefficient (Wildman–Crippen LogP) is 8.68. The highest BCUT2D eigenvalue weighted by molar-refractivity contribution is 5.62. The molecule has 36 heavy (non-hydrogen) atoms. The van der Waals surface area contributed by atoms with Crippen LogP contribution < -0.4 is 9.47 Å². The Morgan fingerprint density at radius 1 is 0.500 bits per heavy atom. The molecule has 194 valence electrons. The highest BCUT2D eigenvalue weighted by Crippen LogP contribution is 2.23. The van der Waals surface area contributed by atoms with E-state index < -0.39 is 0 Å². The number of rotatable bonds is 18. The SMILES string of the molecule is CCCCCCCCOc1ccc(-c2cnc(-c3ccc(OCCCCCCCC)nc3)cn2)cc1. The lowest BCUT2D eigenvalue weighted by molar-refractivity contribution is 0.293. The zero-order valence-corrected chi connectivity index (χ0v) is 22.3. The number of unbranched alkanes of at least 4 members (excludes halogenated alkanes) is 10. The minimum Gasteiger partial charge on any atom is -0.494 e. The maximum absolute atomic E-state index is 5.89. The summed E-state index contributed by atoms with van der Waals surface area (Å²) in [6.45, 7) is 5.98. The highest BCUT2D eigenvalue weighted by Gasteiger charge is 2.05. The summed E-state index contributed by atoms with van der Waals surface area (Å²) in [6, 6.07) is 12.0. The number of hydrogen-bond donors (Lipinski definition) is 0. The Bertz CT molecular complexity index is 876. The molecule has 1 aromatic carbocycles. The number of ether oxygens (including phenoxy) is 2. The first kappa shape index (κ1) is 27.6. The van der Waals surface area contributed by atoms with E-state index in [4.69, 9.17) is 9.47 Å². The van der Waals surface area contributed by atoms with Crippen LogP contribution in [0.3, 0.4) is 0 Å². The lowest BCUT2D eigenvalue weighted by Crippen LogP contribution is -1.99. The molecule has 0 saturated heterocycles. The largest absolute Gasteiger partial charge is 0.494 e. The summed E-state index contributed by atoms with van der Waals surface area (Å²) < 4.78 is 11.7. The van der Waals surface area contributed by atoms with Gasteiger partial charge >= 0.3 is 0 Å². The van der Waals surface area contributed by atoms with Crippen LogP contribution in [0.5, 0.6) is 11.6 Å². The van der Waals surface area contributed by atoms with E-state index in [1.54, 1.807) is 12.4 Å². The molecule has 5 heteroatoms. The summed E-state index contributed by atoms with van der Waals surface area (Å²) in [5.41, 5.74) is 3.60. The van der Waals surface area contributed by atoms with Crippen molar-refractivity contribution in [1.29, 1.82) is 0 Å². The van der Waals surface area contributed by atoms with E-state index >= 15 is 0 Å². The van der Waals surface area contributed by atoms with Crippen LogP contribution in [-0.4, -0.2) is 28.2 Å². The Kier molecular flexibility index (Phi) is 12.8. The van der Waals surface area contributed by atoms with Gasteiger partial charge in [0.15, 0.2) is 0 Å². The average molecular weight is 490 g/mol. The molecule has 0 bridgehead atoms. The number of hydrogen-bond acceptors (Lipinski definition) is 5. The number of aromatic nitrogens is 3. The van der Waals surface area contributed by atoms with Gasteiger partial charge in [0.25, 0.3) is 0 Å². The van der Waals surface area contributed by atoms with Crippen molar-refractivity contribution in [3.05, 3.63) is 55.0 Å². The summed E-state index contributed by atoms with van der Waals surface area (Å²) in [7, 11) is 0. The van der Waals surface area contributed by atoms with Gasteiger partial charge in [-0.15, -0.1) is 0 Å². The van der Waals surface area contributed by atoms with Crippen LogP contribution in [0.25, 0.3) is 22.5 Å². The maximum atomic E-state index is 5.89. The molecule has 2 aromatic heterocycles. The lowest BCUT2D eigenvalue weighted by atomic mass is 10.1. The summed E-state index contributed by atoms with van der Waals surface area (Å²) in [6.07, 6.45) is 20.5. The van der Waals surface area contributed by atoms with E-state index in [2.05, 4.69) is 28.8 Å². The first-order valence-corrected chi connectivity index (χ1v) is 13.9. The molecule has 0 atom stereocenters. The van der Waals surface area contributed by atoms with Gasteiger partial charge in [0.05, 0.1) is 37.0 Å². The highest BCUT2D eigenvalue weighted by atomic mass is 16.5.